The van der Waals surface area contributed by atoms with Crippen LogP contribution in [0.3, 0.4) is 0 Å². The Morgan fingerprint density at radius 1 is 1.37 bits per heavy atom. The molecule has 1 amide bonds. The molecule has 6 heteroatoms. The summed E-state index contributed by atoms with van der Waals surface area (Å²) in [6.45, 7) is 0.134. The minimum absolute atomic E-state index is 0.0738. The molecule has 0 radical (unpaired) electrons. The summed E-state index contributed by atoms with van der Waals surface area (Å²) in [6.07, 6.45) is -0.103. The van der Waals surface area contributed by atoms with Crippen molar-refractivity contribution in [3.63, 3.8) is 0 Å². The van der Waals surface area contributed by atoms with Crippen LogP contribution in [0.25, 0.3) is 10.9 Å². The lowest BCUT2D eigenvalue weighted by molar-refractivity contribution is -0.137. The topological polar surface area (TPSA) is 93.6 Å². The van der Waals surface area contributed by atoms with Crippen LogP contribution in [-0.4, -0.2) is 45.6 Å². The third-order valence-electron chi connectivity index (χ3n) is 2.87. The lowest BCUT2D eigenvalue weighted by Crippen LogP contribution is -2.29. The van der Waals surface area contributed by atoms with Crippen LogP contribution in [-0.2, 0) is 4.79 Å². The minimum atomic E-state index is -0.950. The number of carbonyl (C=O) groups excluding carboxylic acids is 1. The summed E-state index contributed by atoms with van der Waals surface area (Å²) < 4.78 is 0. The van der Waals surface area contributed by atoms with E-state index >= 15 is 0 Å². The Hall–Kier alpha value is -2.50. The van der Waals surface area contributed by atoms with Gasteiger partial charge in [-0.15, -0.1) is 0 Å². The van der Waals surface area contributed by atoms with E-state index in [0.717, 1.165) is 5.39 Å². The number of carbonyl (C=O) groups is 2. The third-order valence-corrected chi connectivity index (χ3v) is 2.87. The number of fused-ring (bicyclic) bond motifs is 1. The smallest absolute Gasteiger partial charge is 0.305 e. The molecule has 1 aromatic carbocycles. The van der Waals surface area contributed by atoms with E-state index in [1.54, 1.807) is 18.2 Å². The third kappa shape index (κ3) is 2.67. The molecule has 100 valence electrons. The number of nitrogens with zero attached hydrogens (tertiary/aromatic N) is 1. The Morgan fingerprint density at radius 2 is 2.11 bits per heavy atom. The molecule has 0 aliphatic heterocycles. The van der Waals surface area contributed by atoms with Crippen molar-refractivity contribution in [3.05, 3.63) is 30.0 Å². The Bertz CT molecular complexity index is 633. The number of phenolic OH excluding ortho intramolecular Hbond substituents is 1. The highest BCUT2D eigenvalue weighted by atomic mass is 16.4. The first kappa shape index (κ1) is 12.9. The Morgan fingerprint density at radius 3 is 2.74 bits per heavy atom. The predicted octanol–water partition coefficient (Wildman–Crippen LogP) is 1.42. The summed E-state index contributed by atoms with van der Waals surface area (Å²) in [7, 11) is 1.54. The molecule has 0 aliphatic carbocycles. The number of aromatic amines is 1. The molecule has 3 N–H and O–H groups in total. The predicted molar refractivity (Wildman–Crippen MR) is 69.2 cm³/mol. The Kier molecular flexibility index (Phi) is 3.41. The number of hydrogen-bond donors (Lipinski definition) is 3. The molecule has 0 atom stereocenters. The van der Waals surface area contributed by atoms with E-state index in [9.17, 15) is 14.7 Å². The van der Waals surface area contributed by atoms with E-state index in [1.807, 2.05) is 0 Å². The summed E-state index contributed by atoms with van der Waals surface area (Å²) >= 11 is 0. The average molecular weight is 262 g/mol. The second-order valence-electron chi connectivity index (χ2n) is 4.29. The van der Waals surface area contributed by atoms with E-state index < -0.39 is 5.97 Å². The summed E-state index contributed by atoms with van der Waals surface area (Å²) in [6, 6.07) is 6.63. The molecule has 2 rings (SSSR count). The van der Waals surface area contributed by atoms with Crippen molar-refractivity contribution in [3.8, 4) is 5.75 Å². The molecule has 0 spiro atoms. The number of phenols is 1. The second-order valence-corrected chi connectivity index (χ2v) is 4.29. The normalized spacial score (nSPS) is 10.6. The molecule has 0 bridgehead atoms. The van der Waals surface area contributed by atoms with Gasteiger partial charge in [-0.2, -0.15) is 0 Å². The van der Waals surface area contributed by atoms with Gasteiger partial charge >= 0.3 is 5.97 Å². The number of nitrogens with one attached hydrogen (secondary N) is 1. The SMILES string of the molecule is CN(CCC(=O)O)C(=O)c1cc2cccc(O)c2[nH]1. The Labute approximate surface area is 109 Å². The van der Waals surface area contributed by atoms with Crippen molar-refractivity contribution in [2.75, 3.05) is 13.6 Å². The fourth-order valence-electron chi connectivity index (χ4n) is 1.83. The maximum atomic E-state index is 12.1. The number of rotatable bonds is 4. The molecular weight excluding hydrogens is 248 g/mol. The van der Waals surface area contributed by atoms with E-state index in [2.05, 4.69) is 4.98 Å². The van der Waals surface area contributed by atoms with Gasteiger partial charge in [0.25, 0.3) is 5.91 Å². The zero-order valence-electron chi connectivity index (χ0n) is 10.4. The van der Waals surface area contributed by atoms with Gasteiger partial charge in [0.2, 0.25) is 0 Å². The van der Waals surface area contributed by atoms with E-state index in [4.69, 9.17) is 5.11 Å². The van der Waals surface area contributed by atoms with Crippen LogP contribution in [0.15, 0.2) is 24.3 Å². The number of hydrogen-bond acceptors (Lipinski definition) is 3. The van der Waals surface area contributed by atoms with Crippen molar-refractivity contribution in [2.45, 2.75) is 6.42 Å². The van der Waals surface area contributed by atoms with Gasteiger partial charge < -0.3 is 20.1 Å². The van der Waals surface area contributed by atoms with Crippen molar-refractivity contribution >= 4 is 22.8 Å². The van der Waals surface area contributed by atoms with Crippen LogP contribution < -0.4 is 0 Å². The first-order chi connectivity index (χ1) is 8.99. The van der Waals surface area contributed by atoms with Crippen molar-refractivity contribution in [1.82, 2.24) is 9.88 Å². The van der Waals surface area contributed by atoms with E-state index in [1.165, 1.54) is 18.0 Å². The molecule has 0 saturated carbocycles. The molecule has 1 aromatic heterocycles. The lowest BCUT2D eigenvalue weighted by Gasteiger charge is -2.14. The van der Waals surface area contributed by atoms with Gasteiger partial charge in [-0.1, -0.05) is 12.1 Å². The highest BCUT2D eigenvalue weighted by Gasteiger charge is 2.16. The zero-order chi connectivity index (χ0) is 14.0. The molecule has 0 saturated heterocycles. The van der Waals surface area contributed by atoms with Crippen LogP contribution in [0, 0.1) is 0 Å². The molecule has 0 unspecified atom stereocenters. The molecule has 1 heterocycles. The van der Waals surface area contributed by atoms with Crippen LogP contribution in [0.1, 0.15) is 16.9 Å². The molecule has 6 nitrogen and oxygen atoms in total. The largest absolute Gasteiger partial charge is 0.506 e. The van der Waals surface area contributed by atoms with E-state index in [0.29, 0.717) is 11.2 Å². The number of amides is 1. The van der Waals surface area contributed by atoms with Gasteiger partial charge in [-0.25, -0.2) is 0 Å². The summed E-state index contributed by atoms with van der Waals surface area (Å²) in [4.78, 5) is 26.7. The number of aromatic nitrogens is 1. The molecular formula is C13H14N2O4. The summed E-state index contributed by atoms with van der Waals surface area (Å²) in [5.41, 5.74) is 0.821. The van der Waals surface area contributed by atoms with Gasteiger partial charge in [0.1, 0.15) is 11.4 Å². The van der Waals surface area contributed by atoms with Crippen molar-refractivity contribution in [1.29, 1.82) is 0 Å². The number of para-hydroxylation sites is 1. The molecule has 2 aromatic rings. The number of carboxylic acid groups (broad SMARTS) is 1. The maximum absolute atomic E-state index is 12.1. The fourth-order valence-corrected chi connectivity index (χ4v) is 1.83. The van der Waals surface area contributed by atoms with Crippen LogP contribution in [0.4, 0.5) is 0 Å². The van der Waals surface area contributed by atoms with Gasteiger partial charge in [0.05, 0.1) is 11.9 Å². The van der Waals surface area contributed by atoms with E-state index in [-0.39, 0.29) is 24.6 Å². The summed E-state index contributed by atoms with van der Waals surface area (Å²) in [5, 5.41) is 19.0. The monoisotopic (exact) mass is 262 g/mol. The van der Waals surface area contributed by atoms with Gasteiger partial charge in [0, 0.05) is 19.0 Å². The van der Waals surface area contributed by atoms with Gasteiger partial charge in [-0.3, -0.25) is 9.59 Å². The van der Waals surface area contributed by atoms with Crippen molar-refractivity contribution in [2.24, 2.45) is 0 Å². The first-order valence-electron chi connectivity index (χ1n) is 5.77. The number of benzene rings is 1. The van der Waals surface area contributed by atoms with Crippen molar-refractivity contribution < 1.29 is 19.8 Å². The second kappa shape index (κ2) is 5.01. The number of H-pyrrole nitrogens is 1. The first-order valence-corrected chi connectivity index (χ1v) is 5.77. The van der Waals surface area contributed by atoms with Crippen LogP contribution >= 0.6 is 0 Å². The van der Waals surface area contributed by atoms with Crippen LogP contribution in [0.5, 0.6) is 5.75 Å². The number of aliphatic carboxylic acids is 1. The quantitative estimate of drug-likeness (QED) is 0.776. The summed E-state index contributed by atoms with van der Waals surface area (Å²) in [5.74, 6) is -1.18. The van der Waals surface area contributed by atoms with Gasteiger partial charge in [-0.05, 0) is 12.1 Å². The highest BCUT2D eigenvalue weighted by Crippen LogP contribution is 2.24. The highest BCUT2D eigenvalue weighted by molar-refractivity contribution is 5.99. The number of aromatic hydroxyl groups is 1. The lowest BCUT2D eigenvalue weighted by atomic mass is 10.2. The molecule has 19 heavy (non-hydrogen) atoms. The zero-order valence-corrected chi connectivity index (χ0v) is 10.4. The Balaban J connectivity index is 2.21. The van der Waals surface area contributed by atoms with Crippen LogP contribution in [0.2, 0.25) is 0 Å². The average Bonchev–Trinajstić information content (AvgIpc) is 2.80. The molecule has 0 fully saturated rings. The molecule has 0 aliphatic rings. The van der Waals surface area contributed by atoms with Gasteiger partial charge in [0.15, 0.2) is 0 Å². The standard InChI is InChI=1S/C13H14N2O4/c1-15(6-5-11(17)18)13(19)9-7-8-3-2-4-10(16)12(8)14-9/h2-4,7,14,16H,5-6H2,1H3,(H,17,18). The number of carboxylic acids is 1. The fraction of sp³-hybridized carbons (Fsp3) is 0.231. The maximum Gasteiger partial charge on any atom is 0.305 e. The minimum Gasteiger partial charge on any atom is -0.506 e.